The Balaban J connectivity index is 1.36. The molecule has 1 amide bonds. The lowest BCUT2D eigenvalue weighted by Gasteiger charge is -2.03. The Kier molecular flexibility index (Phi) is 7.19. The minimum absolute atomic E-state index is 0.0489. The molecule has 0 aliphatic carbocycles. The molecule has 5 nitrogen and oxygen atoms in total. The molecule has 1 N–H and O–H groups in total. The van der Waals surface area contributed by atoms with Crippen LogP contribution in [-0.4, -0.2) is 22.7 Å². The number of hydrogen-bond acceptors (Lipinski definition) is 5. The maximum absolute atomic E-state index is 12.0. The quantitative estimate of drug-likeness (QED) is 0.560. The molecular weight excluding hydrogens is 382 g/mol. The van der Waals surface area contributed by atoms with Gasteiger partial charge in [-0.25, -0.2) is 0 Å². The lowest BCUT2D eigenvalue weighted by Crippen LogP contribution is -2.11. The highest BCUT2D eigenvalue weighted by atomic mass is 35.5. The van der Waals surface area contributed by atoms with Gasteiger partial charge in [0.25, 0.3) is 0 Å². The molecule has 0 spiro atoms. The van der Waals surface area contributed by atoms with Crippen LogP contribution in [-0.2, 0) is 17.6 Å². The Hall–Kier alpha value is -2.44. The molecule has 0 bridgehead atoms. The summed E-state index contributed by atoms with van der Waals surface area (Å²) in [4.78, 5) is 12.0. The molecule has 0 saturated heterocycles. The summed E-state index contributed by atoms with van der Waals surface area (Å²) in [6.07, 6.45) is 2.69. The van der Waals surface area contributed by atoms with Gasteiger partial charge in [0.1, 0.15) is 10.8 Å². The Morgan fingerprint density at radius 1 is 1.04 bits per heavy atom. The average Bonchev–Trinajstić information content (AvgIpc) is 3.11. The fourth-order valence-electron chi connectivity index (χ4n) is 2.46. The van der Waals surface area contributed by atoms with Crippen molar-refractivity contribution in [1.29, 1.82) is 0 Å². The molecule has 0 saturated carbocycles. The zero-order valence-corrected chi connectivity index (χ0v) is 16.3. The summed E-state index contributed by atoms with van der Waals surface area (Å²) in [5.74, 6) is 0.781. The number of ether oxygens (including phenoxy) is 1. The van der Waals surface area contributed by atoms with Crippen molar-refractivity contribution in [1.82, 2.24) is 10.2 Å². The van der Waals surface area contributed by atoms with Gasteiger partial charge in [0.2, 0.25) is 11.0 Å². The van der Waals surface area contributed by atoms with Crippen molar-refractivity contribution in [3.63, 3.8) is 0 Å². The van der Waals surface area contributed by atoms with Crippen molar-refractivity contribution < 1.29 is 9.53 Å². The van der Waals surface area contributed by atoms with Crippen LogP contribution in [0.4, 0.5) is 5.13 Å². The van der Waals surface area contributed by atoms with Crippen LogP contribution in [0.2, 0.25) is 5.02 Å². The largest absolute Gasteiger partial charge is 0.493 e. The highest BCUT2D eigenvalue weighted by Crippen LogP contribution is 2.17. The molecule has 3 aromatic rings. The number of amides is 1. The third kappa shape index (κ3) is 6.66. The fraction of sp³-hybridized carbons (Fsp3) is 0.250. The van der Waals surface area contributed by atoms with Gasteiger partial charge in [-0.1, -0.05) is 53.3 Å². The third-order valence-corrected chi connectivity index (χ3v) is 4.97. The number of nitrogens with zero attached hydrogens (tertiary/aromatic N) is 2. The smallest absolute Gasteiger partial charge is 0.226 e. The minimum atomic E-state index is -0.0489. The molecule has 0 aliphatic rings. The highest BCUT2D eigenvalue weighted by Gasteiger charge is 2.08. The third-order valence-electron chi connectivity index (χ3n) is 3.82. The molecule has 0 aliphatic heterocycles. The molecule has 0 radical (unpaired) electrons. The van der Waals surface area contributed by atoms with Gasteiger partial charge >= 0.3 is 0 Å². The molecule has 7 heteroatoms. The number of hydrogen-bond donors (Lipinski definition) is 1. The maximum atomic E-state index is 12.0. The Bertz CT molecular complexity index is 853. The highest BCUT2D eigenvalue weighted by molar-refractivity contribution is 7.15. The number of nitrogens with one attached hydrogen (secondary N) is 1. The van der Waals surface area contributed by atoms with E-state index in [0.29, 0.717) is 24.6 Å². The van der Waals surface area contributed by atoms with Crippen LogP contribution in [0.3, 0.4) is 0 Å². The van der Waals surface area contributed by atoms with E-state index in [4.69, 9.17) is 16.3 Å². The summed E-state index contributed by atoms with van der Waals surface area (Å²) in [5, 5.41) is 13.0. The minimum Gasteiger partial charge on any atom is -0.493 e. The van der Waals surface area contributed by atoms with Crippen molar-refractivity contribution in [2.24, 2.45) is 0 Å². The maximum Gasteiger partial charge on any atom is 0.226 e. The van der Waals surface area contributed by atoms with E-state index in [-0.39, 0.29) is 5.91 Å². The lowest BCUT2D eigenvalue weighted by molar-refractivity contribution is -0.116. The molecule has 0 fully saturated rings. The molecule has 0 atom stereocenters. The first-order chi connectivity index (χ1) is 13.2. The van der Waals surface area contributed by atoms with Crippen LogP contribution in [0.25, 0.3) is 0 Å². The number of rotatable bonds is 9. The number of anilines is 1. The Morgan fingerprint density at radius 2 is 1.81 bits per heavy atom. The second-order valence-electron chi connectivity index (χ2n) is 5.94. The van der Waals surface area contributed by atoms with Crippen LogP contribution in [0.1, 0.15) is 23.4 Å². The Morgan fingerprint density at radius 3 is 2.59 bits per heavy atom. The topological polar surface area (TPSA) is 64.1 Å². The molecule has 140 valence electrons. The number of halogens is 1. The van der Waals surface area contributed by atoms with Gasteiger partial charge in [-0.05, 0) is 42.7 Å². The predicted molar refractivity (Wildman–Crippen MR) is 109 cm³/mol. The van der Waals surface area contributed by atoms with E-state index in [2.05, 4.69) is 15.5 Å². The molecule has 0 unspecified atom stereocenters. The van der Waals surface area contributed by atoms with Crippen molar-refractivity contribution in [3.05, 3.63) is 70.2 Å². The molecular formula is C20H20ClN3O2S. The summed E-state index contributed by atoms with van der Waals surface area (Å²) >= 11 is 7.25. The van der Waals surface area contributed by atoms with Gasteiger partial charge in [0.05, 0.1) is 6.61 Å². The first-order valence-electron chi connectivity index (χ1n) is 8.73. The van der Waals surface area contributed by atoms with E-state index < -0.39 is 0 Å². The van der Waals surface area contributed by atoms with E-state index in [0.717, 1.165) is 28.6 Å². The van der Waals surface area contributed by atoms with Gasteiger partial charge in [0, 0.05) is 17.9 Å². The second kappa shape index (κ2) is 10.0. The van der Waals surface area contributed by atoms with Crippen molar-refractivity contribution in [2.45, 2.75) is 25.7 Å². The first kappa shape index (κ1) is 19.3. The second-order valence-corrected chi connectivity index (χ2v) is 7.44. The van der Waals surface area contributed by atoms with Gasteiger partial charge in [0.15, 0.2) is 0 Å². The van der Waals surface area contributed by atoms with E-state index in [1.807, 2.05) is 54.6 Å². The number of benzene rings is 2. The standard InChI is InChI=1S/C20H20ClN3O2S/c21-16-11-9-15(10-12-16)5-4-8-18(25)22-20-24-23-19(27-20)13-14-26-17-6-2-1-3-7-17/h1-3,6-7,9-12H,4-5,8,13-14H2,(H,22,24,25). The van der Waals surface area contributed by atoms with Gasteiger partial charge in [-0.15, -0.1) is 10.2 Å². The summed E-state index contributed by atoms with van der Waals surface area (Å²) in [7, 11) is 0. The van der Waals surface area contributed by atoms with Crippen LogP contribution in [0, 0.1) is 0 Å². The first-order valence-corrected chi connectivity index (χ1v) is 9.93. The summed E-state index contributed by atoms with van der Waals surface area (Å²) in [6, 6.07) is 17.3. The molecule has 27 heavy (non-hydrogen) atoms. The van der Waals surface area contributed by atoms with E-state index >= 15 is 0 Å². The van der Waals surface area contributed by atoms with Crippen molar-refractivity contribution >= 4 is 34.0 Å². The van der Waals surface area contributed by atoms with Gasteiger partial charge in [-0.3, -0.25) is 4.79 Å². The van der Waals surface area contributed by atoms with Gasteiger partial charge < -0.3 is 10.1 Å². The van der Waals surface area contributed by atoms with Crippen LogP contribution in [0.5, 0.6) is 5.75 Å². The molecule has 1 heterocycles. The molecule has 2 aromatic carbocycles. The van der Waals surface area contributed by atoms with Crippen LogP contribution >= 0.6 is 22.9 Å². The molecule has 3 rings (SSSR count). The fourth-order valence-corrected chi connectivity index (χ4v) is 3.33. The SMILES string of the molecule is O=C(CCCc1ccc(Cl)cc1)Nc1nnc(CCOc2ccccc2)s1. The summed E-state index contributed by atoms with van der Waals surface area (Å²) in [6.45, 7) is 0.522. The molecule has 1 aromatic heterocycles. The van der Waals surface area contributed by atoms with Crippen LogP contribution < -0.4 is 10.1 Å². The van der Waals surface area contributed by atoms with Crippen molar-refractivity contribution in [2.75, 3.05) is 11.9 Å². The van der Waals surface area contributed by atoms with E-state index in [1.165, 1.54) is 16.9 Å². The number of carbonyl (C=O) groups excluding carboxylic acids is 1. The van der Waals surface area contributed by atoms with E-state index in [9.17, 15) is 4.79 Å². The summed E-state index contributed by atoms with van der Waals surface area (Å²) in [5.41, 5.74) is 1.17. The number of aryl methyl sites for hydroxylation is 1. The number of para-hydroxylation sites is 1. The summed E-state index contributed by atoms with van der Waals surface area (Å²) < 4.78 is 5.65. The van der Waals surface area contributed by atoms with Crippen molar-refractivity contribution in [3.8, 4) is 5.75 Å². The average molecular weight is 402 g/mol. The zero-order chi connectivity index (χ0) is 18.9. The van der Waals surface area contributed by atoms with E-state index in [1.54, 1.807) is 0 Å². The van der Waals surface area contributed by atoms with Gasteiger partial charge in [-0.2, -0.15) is 0 Å². The predicted octanol–water partition coefficient (Wildman–Crippen LogP) is 4.77. The number of carbonyl (C=O) groups is 1. The normalized spacial score (nSPS) is 10.6. The Labute approximate surface area is 167 Å². The monoisotopic (exact) mass is 401 g/mol. The lowest BCUT2D eigenvalue weighted by atomic mass is 10.1. The van der Waals surface area contributed by atoms with Crippen LogP contribution in [0.15, 0.2) is 54.6 Å². The zero-order valence-electron chi connectivity index (χ0n) is 14.7. The number of aromatic nitrogens is 2.